The molecule has 1 radical (unpaired) electrons. The normalized spacial score (nSPS) is 10.9. The van der Waals surface area contributed by atoms with Gasteiger partial charge in [-0.25, -0.2) is 0 Å². The summed E-state index contributed by atoms with van der Waals surface area (Å²) in [6.45, 7) is 2.16. The standard InChI is InChI=1S/C14H14B/c1-2-12-8-10-14(11-9-12)15-13-6-4-3-5-7-13/h3-11H,2H2,1H3/i3D. The summed E-state index contributed by atoms with van der Waals surface area (Å²) in [5.41, 5.74) is 3.70. The van der Waals surface area contributed by atoms with Gasteiger partial charge in [-0.3, -0.25) is 0 Å². The van der Waals surface area contributed by atoms with E-state index in [9.17, 15) is 0 Å². The Morgan fingerprint density at radius 1 is 1.00 bits per heavy atom. The minimum Gasteiger partial charge on any atom is -0.0814 e. The number of rotatable bonds is 3. The highest BCUT2D eigenvalue weighted by Crippen LogP contribution is 1.96. The lowest BCUT2D eigenvalue weighted by atomic mass is 9.64. The lowest BCUT2D eigenvalue weighted by Gasteiger charge is -2.01. The number of aryl methyl sites for hydroxylation is 1. The van der Waals surface area contributed by atoms with Crippen LogP contribution in [0.2, 0.25) is 0 Å². The molecule has 0 amide bonds. The molecule has 0 aliphatic heterocycles. The number of benzene rings is 2. The average Bonchev–Trinajstić information content (AvgIpc) is 2.33. The van der Waals surface area contributed by atoms with Crippen molar-refractivity contribution in [1.82, 2.24) is 0 Å². The second-order valence-electron chi connectivity index (χ2n) is 3.57. The fraction of sp³-hybridized carbons (Fsp3) is 0.143. The third kappa shape index (κ3) is 2.72. The molecule has 2 aromatic carbocycles. The molecule has 0 fully saturated rings. The fourth-order valence-electron chi connectivity index (χ4n) is 1.54. The molecular formula is C14H14B. The molecular weight excluding hydrogens is 179 g/mol. The topological polar surface area (TPSA) is 0 Å². The Hall–Kier alpha value is -1.50. The Balaban J connectivity index is 2.11. The highest BCUT2D eigenvalue weighted by Gasteiger charge is 1.97. The third-order valence-corrected chi connectivity index (χ3v) is 2.47. The molecule has 0 heterocycles. The quantitative estimate of drug-likeness (QED) is 0.654. The summed E-state index contributed by atoms with van der Waals surface area (Å²) >= 11 is 0. The summed E-state index contributed by atoms with van der Waals surface area (Å²) in [4.78, 5) is 0. The maximum atomic E-state index is 7.41. The van der Waals surface area contributed by atoms with Gasteiger partial charge in [0.1, 0.15) is 0 Å². The Kier molecular flexibility index (Phi) is 2.83. The number of hydrogen-bond donors (Lipinski definition) is 0. The van der Waals surface area contributed by atoms with Crippen molar-refractivity contribution >= 4 is 18.2 Å². The molecule has 0 aliphatic rings. The van der Waals surface area contributed by atoms with Crippen LogP contribution >= 0.6 is 0 Å². The molecule has 0 N–H and O–H groups in total. The van der Waals surface area contributed by atoms with Crippen LogP contribution in [0.15, 0.2) is 54.6 Å². The zero-order valence-electron chi connectivity index (χ0n) is 9.90. The maximum Gasteiger partial charge on any atom is 0.191 e. The SMILES string of the molecule is [2H]c1ccc([B]c2ccc(CC)cc2)cc1. The second kappa shape index (κ2) is 4.83. The van der Waals surface area contributed by atoms with E-state index in [1.54, 1.807) is 0 Å². The first kappa shape index (κ1) is 8.78. The van der Waals surface area contributed by atoms with E-state index < -0.39 is 0 Å². The van der Waals surface area contributed by atoms with Gasteiger partial charge in [0.2, 0.25) is 0 Å². The van der Waals surface area contributed by atoms with Gasteiger partial charge in [0, 0.05) is 0 Å². The lowest BCUT2D eigenvalue weighted by Crippen LogP contribution is -2.26. The molecule has 15 heavy (non-hydrogen) atoms. The van der Waals surface area contributed by atoms with Gasteiger partial charge in [-0.1, -0.05) is 72.4 Å². The minimum atomic E-state index is 0.554. The van der Waals surface area contributed by atoms with Crippen molar-refractivity contribution in [2.45, 2.75) is 13.3 Å². The van der Waals surface area contributed by atoms with Crippen LogP contribution < -0.4 is 10.9 Å². The van der Waals surface area contributed by atoms with Crippen molar-refractivity contribution in [2.24, 2.45) is 0 Å². The van der Waals surface area contributed by atoms with Crippen molar-refractivity contribution < 1.29 is 1.37 Å². The van der Waals surface area contributed by atoms with E-state index in [-0.39, 0.29) is 0 Å². The molecule has 0 bridgehead atoms. The lowest BCUT2D eigenvalue weighted by molar-refractivity contribution is 1.14. The summed E-state index contributed by atoms with van der Waals surface area (Å²) in [6, 6.07) is 16.7. The van der Waals surface area contributed by atoms with E-state index in [2.05, 4.69) is 38.5 Å². The first-order valence-electron chi connectivity index (χ1n) is 5.78. The first-order chi connectivity index (χ1) is 7.78. The summed E-state index contributed by atoms with van der Waals surface area (Å²) < 4.78 is 7.41. The van der Waals surface area contributed by atoms with Gasteiger partial charge in [-0.2, -0.15) is 0 Å². The van der Waals surface area contributed by atoms with Gasteiger partial charge >= 0.3 is 0 Å². The molecule has 0 nitrogen and oxygen atoms in total. The minimum absolute atomic E-state index is 0.554. The molecule has 73 valence electrons. The second-order valence-corrected chi connectivity index (χ2v) is 3.57. The smallest absolute Gasteiger partial charge is 0.0814 e. The molecule has 0 saturated carbocycles. The molecule has 2 aromatic rings. The van der Waals surface area contributed by atoms with E-state index in [0.29, 0.717) is 6.04 Å². The fourth-order valence-corrected chi connectivity index (χ4v) is 1.54. The van der Waals surface area contributed by atoms with E-state index >= 15 is 0 Å². The first-order valence-corrected chi connectivity index (χ1v) is 5.28. The highest BCUT2D eigenvalue weighted by atomic mass is 13.9. The Morgan fingerprint density at radius 3 is 2.20 bits per heavy atom. The van der Waals surface area contributed by atoms with E-state index in [0.717, 1.165) is 11.9 Å². The summed E-state index contributed by atoms with van der Waals surface area (Å²) in [5.74, 6) is 0. The van der Waals surface area contributed by atoms with E-state index in [1.165, 1.54) is 11.0 Å². The van der Waals surface area contributed by atoms with Crippen LogP contribution in [-0.2, 0) is 6.42 Å². The van der Waals surface area contributed by atoms with Gasteiger partial charge in [-0.05, 0) is 12.0 Å². The molecule has 0 aromatic heterocycles. The molecule has 0 unspecified atom stereocenters. The van der Waals surface area contributed by atoms with Crippen LogP contribution in [0.1, 0.15) is 13.9 Å². The van der Waals surface area contributed by atoms with Crippen LogP contribution in [0.4, 0.5) is 0 Å². The molecule has 0 atom stereocenters. The number of hydrogen-bond acceptors (Lipinski definition) is 0. The predicted octanol–water partition coefficient (Wildman–Crippen LogP) is 1.90. The monoisotopic (exact) mass is 194 g/mol. The van der Waals surface area contributed by atoms with Crippen molar-refractivity contribution in [3.63, 3.8) is 0 Å². The van der Waals surface area contributed by atoms with Gasteiger partial charge in [0.15, 0.2) is 7.28 Å². The summed E-state index contributed by atoms with van der Waals surface area (Å²) in [7, 11) is 2.12. The predicted molar refractivity (Wildman–Crippen MR) is 67.3 cm³/mol. The molecule has 1 heteroatoms. The summed E-state index contributed by atoms with van der Waals surface area (Å²) in [5, 5.41) is 0. The van der Waals surface area contributed by atoms with Gasteiger partial charge in [-0.15, -0.1) is 0 Å². The Bertz CT molecular complexity index is 445. The van der Waals surface area contributed by atoms with Crippen molar-refractivity contribution in [3.05, 3.63) is 60.1 Å². The van der Waals surface area contributed by atoms with Crippen molar-refractivity contribution in [1.29, 1.82) is 0 Å². The zero-order chi connectivity index (χ0) is 11.4. The van der Waals surface area contributed by atoms with Crippen LogP contribution in [0.25, 0.3) is 0 Å². The van der Waals surface area contributed by atoms with Gasteiger partial charge in [0.05, 0.1) is 1.37 Å². The maximum absolute atomic E-state index is 7.41. The zero-order valence-corrected chi connectivity index (χ0v) is 8.90. The van der Waals surface area contributed by atoms with Gasteiger partial charge in [0.25, 0.3) is 0 Å². The van der Waals surface area contributed by atoms with Crippen LogP contribution in [0.3, 0.4) is 0 Å². The van der Waals surface area contributed by atoms with E-state index in [1.807, 2.05) is 24.3 Å². The van der Waals surface area contributed by atoms with Crippen LogP contribution in [-0.4, -0.2) is 7.28 Å². The average molecular weight is 194 g/mol. The third-order valence-electron chi connectivity index (χ3n) is 2.47. The summed E-state index contributed by atoms with van der Waals surface area (Å²) in [6.07, 6.45) is 1.08. The van der Waals surface area contributed by atoms with Gasteiger partial charge < -0.3 is 0 Å². The van der Waals surface area contributed by atoms with E-state index in [4.69, 9.17) is 1.37 Å². The van der Waals surface area contributed by atoms with Crippen molar-refractivity contribution in [2.75, 3.05) is 0 Å². The molecule has 0 saturated heterocycles. The largest absolute Gasteiger partial charge is 0.191 e. The van der Waals surface area contributed by atoms with Crippen LogP contribution in [0.5, 0.6) is 0 Å². The highest BCUT2D eigenvalue weighted by molar-refractivity contribution is 6.67. The Morgan fingerprint density at radius 2 is 1.60 bits per heavy atom. The Labute approximate surface area is 93.6 Å². The van der Waals surface area contributed by atoms with Crippen molar-refractivity contribution in [3.8, 4) is 0 Å². The molecule has 0 spiro atoms. The molecule has 0 aliphatic carbocycles. The van der Waals surface area contributed by atoms with Crippen LogP contribution in [0, 0.1) is 0 Å². The molecule has 2 rings (SSSR count).